The number of rotatable bonds is 7. The van der Waals surface area contributed by atoms with Gasteiger partial charge in [0.05, 0.1) is 25.5 Å². The molecule has 0 spiro atoms. The molecule has 0 radical (unpaired) electrons. The molecule has 3 rings (SSSR count). The van der Waals surface area contributed by atoms with Crippen LogP contribution in [0.4, 0.5) is 0 Å². The van der Waals surface area contributed by atoms with E-state index in [2.05, 4.69) is 21.2 Å². The molecule has 2 unspecified atom stereocenters. The van der Waals surface area contributed by atoms with Gasteiger partial charge < -0.3 is 15.0 Å². The summed E-state index contributed by atoms with van der Waals surface area (Å²) in [7, 11) is 1.32. The number of carbonyl (C=O) groups is 3. The van der Waals surface area contributed by atoms with Gasteiger partial charge in [0.15, 0.2) is 0 Å². The molecule has 158 valence electrons. The van der Waals surface area contributed by atoms with Gasteiger partial charge in [0.2, 0.25) is 11.8 Å². The van der Waals surface area contributed by atoms with Crippen molar-refractivity contribution < 1.29 is 19.1 Å². The Kier molecular flexibility index (Phi) is 7.26. The monoisotopic (exact) mass is 472 g/mol. The van der Waals surface area contributed by atoms with Crippen molar-refractivity contribution in [2.75, 3.05) is 13.7 Å². The number of amides is 2. The summed E-state index contributed by atoms with van der Waals surface area (Å²) < 4.78 is 5.64. The van der Waals surface area contributed by atoms with Crippen molar-refractivity contribution >= 4 is 33.7 Å². The zero-order chi connectivity index (χ0) is 21.7. The van der Waals surface area contributed by atoms with Gasteiger partial charge in [-0.3, -0.25) is 14.4 Å². The summed E-state index contributed by atoms with van der Waals surface area (Å²) in [6.45, 7) is 2.86. The van der Waals surface area contributed by atoms with Crippen LogP contribution in [0.15, 0.2) is 53.0 Å². The molecule has 1 heterocycles. The fraction of sp³-hybridized carbons (Fsp3) is 0.348. The minimum absolute atomic E-state index is 0.0203. The molecule has 30 heavy (non-hydrogen) atoms. The summed E-state index contributed by atoms with van der Waals surface area (Å²) in [6.07, 6.45) is 0.188. The standard InChI is InChI=1S/C23H25BrN2O4/c1-15-6-8-16(9-7-15)13-26-14-18(11-21(26)27)23(29)25-20(12-22(28)30-2)17-4-3-5-19(24)10-17/h3-10,18,20H,11-14H2,1-2H3,(H,25,29). The van der Waals surface area contributed by atoms with Crippen LogP contribution in [0.25, 0.3) is 0 Å². The summed E-state index contributed by atoms with van der Waals surface area (Å²) in [5.41, 5.74) is 2.99. The minimum Gasteiger partial charge on any atom is -0.469 e. The highest BCUT2D eigenvalue weighted by Gasteiger charge is 2.35. The number of aryl methyl sites for hydroxylation is 1. The van der Waals surface area contributed by atoms with Crippen molar-refractivity contribution in [2.24, 2.45) is 5.92 Å². The van der Waals surface area contributed by atoms with Crippen LogP contribution in [0.5, 0.6) is 0 Å². The van der Waals surface area contributed by atoms with Crippen molar-refractivity contribution in [1.29, 1.82) is 0 Å². The number of likely N-dealkylation sites (tertiary alicyclic amines) is 1. The Balaban J connectivity index is 1.67. The molecule has 2 amide bonds. The maximum atomic E-state index is 12.9. The second-order valence-electron chi connectivity index (χ2n) is 7.56. The number of carbonyl (C=O) groups excluding carboxylic acids is 3. The van der Waals surface area contributed by atoms with Gasteiger partial charge in [-0.05, 0) is 30.2 Å². The number of nitrogens with one attached hydrogen (secondary N) is 1. The zero-order valence-electron chi connectivity index (χ0n) is 17.1. The van der Waals surface area contributed by atoms with Crippen LogP contribution >= 0.6 is 15.9 Å². The largest absolute Gasteiger partial charge is 0.469 e. The van der Waals surface area contributed by atoms with Gasteiger partial charge in [-0.15, -0.1) is 0 Å². The SMILES string of the molecule is COC(=O)CC(NC(=O)C1CC(=O)N(Cc2ccc(C)cc2)C1)c1cccc(Br)c1. The van der Waals surface area contributed by atoms with E-state index in [0.717, 1.165) is 21.2 Å². The topological polar surface area (TPSA) is 75.7 Å². The molecule has 0 saturated carbocycles. The fourth-order valence-electron chi connectivity index (χ4n) is 3.53. The number of nitrogens with zero attached hydrogens (tertiary/aromatic N) is 1. The van der Waals surface area contributed by atoms with Crippen LogP contribution in [0.2, 0.25) is 0 Å². The lowest BCUT2D eigenvalue weighted by atomic mass is 10.0. The first kappa shape index (κ1) is 22.0. The molecule has 1 aliphatic heterocycles. The van der Waals surface area contributed by atoms with E-state index >= 15 is 0 Å². The Hall–Kier alpha value is -2.67. The average molecular weight is 473 g/mol. The molecule has 1 fully saturated rings. The van der Waals surface area contributed by atoms with E-state index in [1.54, 1.807) is 4.90 Å². The zero-order valence-corrected chi connectivity index (χ0v) is 18.6. The molecule has 6 nitrogen and oxygen atoms in total. The molecule has 2 atom stereocenters. The quantitative estimate of drug-likeness (QED) is 0.625. The number of methoxy groups -OCH3 is 1. The van der Waals surface area contributed by atoms with Gasteiger partial charge in [-0.1, -0.05) is 57.9 Å². The molecule has 1 N–H and O–H groups in total. The summed E-state index contributed by atoms with van der Waals surface area (Å²) in [6, 6.07) is 14.9. The van der Waals surface area contributed by atoms with Crippen molar-refractivity contribution in [3.05, 3.63) is 69.7 Å². The summed E-state index contributed by atoms with van der Waals surface area (Å²) in [5, 5.41) is 2.94. The number of hydrogen-bond acceptors (Lipinski definition) is 4. The van der Waals surface area contributed by atoms with Gasteiger partial charge >= 0.3 is 5.97 Å². The van der Waals surface area contributed by atoms with Crippen LogP contribution in [-0.4, -0.2) is 36.3 Å². The van der Waals surface area contributed by atoms with E-state index < -0.39 is 17.9 Å². The lowest BCUT2D eigenvalue weighted by molar-refractivity contribution is -0.141. The molecule has 0 aromatic heterocycles. The van der Waals surface area contributed by atoms with Gasteiger partial charge in [-0.2, -0.15) is 0 Å². The van der Waals surface area contributed by atoms with Crippen LogP contribution in [0.1, 0.15) is 35.6 Å². The van der Waals surface area contributed by atoms with E-state index in [0.29, 0.717) is 13.1 Å². The second kappa shape index (κ2) is 9.89. The third-order valence-electron chi connectivity index (χ3n) is 5.25. The molecule has 1 aliphatic rings. The van der Waals surface area contributed by atoms with Crippen LogP contribution in [-0.2, 0) is 25.7 Å². The van der Waals surface area contributed by atoms with E-state index in [4.69, 9.17) is 4.74 Å². The summed E-state index contributed by atoms with van der Waals surface area (Å²) in [5.74, 6) is -1.13. The smallest absolute Gasteiger partial charge is 0.307 e. The highest BCUT2D eigenvalue weighted by Crippen LogP contribution is 2.25. The first-order valence-electron chi connectivity index (χ1n) is 9.81. The van der Waals surface area contributed by atoms with E-state index in [-0.39, 0.29) is 24.7 Å². The predicted octanol–water partition coefficient (Wildman–Crippen LogP) is 3.53. The Morgan fingerprint density at radius 1 is 1.23 bits per heavy atom. The van der Waals surface area contributed by atoms with Crippen molar-refractivity contribution in [1.82, 2.24) is 10.2 Å². The maximum absolute atomic E-state index is 12.9. The van der Waals surface area contributed by atoms with Gasteiger partial charge in [-0.25, -0.2) is 0 Å². The Bertz CT molecular complexity index is 929. The highest BCUT2D eigenvalue weighted by atomic mass is 79.9. The Labute approximate surface area is 184 Å². The average Bonchev–Trinajstić information content (AvgIpc) is 3.09. The first-order valence-corrected chi connectivity index (χ1v) is 10.6. The van der Waals surface area contributed by atoms with E-state index in [1.165, 1.54) is 7.11 Å². The number of ether oxygens (including phenoxy) is 1. The van der Waals surface area contributed by atoms with Gasteiger partial charge in [0, 0.05) is 24.0 Å². The fourth-order valence-corrected chi connectivity index (χ4v) is 3.95. The van der Waals surface area contributed by atoms with Gasteiger partial charge in [0.25, 0.3) is 0 Å². The molecule has 2 aromatic carbocycles. The molecule has 1 saturated heterocycles. The molecular weight excluding hydrogens is 448 g/mol. The third kappa shape index (κ3) is 5.69. The minimum atomic E-state index is -0.524. The van der Waals surface area contributed by atoms with E-state index in [1.807, 2.05) is 55.5 Å². The predicted molar refractivity (Wildman–Crippen MR) is 116 cm³/mol. The Morgan fingerprint density at radius 3 is 2.63 bits per heavy atom. The molecular formula is C23H25BrN2O4. The van der Waals surface area contributed by atoms with Crippen LogP contribution in [0.3, 0.4) is 0 Å². The molecule has 0 bridgehead atoms. The second-order valence-corrected chi connectivity index (χ2v) is 8.47. The van der Waals surface area contributed by atoms with Crippen molar-refractivity contribution in [2.45, 2.75) is 32.4 Å². The number of esters is 1. The lowest BCUT2D eigenvalue weighted by Gasteiger charge is -2.21. The molecule has 0 aliphatic carbocycles. The highest BCUT2D eigenvalue weighted by molar-refractivity contribution is 9.10. The van der Waals surface area contributed by atoms with Crippen molar-refractivity contribution in [3.8, 4) is 0 Å². The number of hydrogen-bond donors (Lipinski definition) is 1. The molecule has 2 aromatic rings. The first-order chi connectivity index (χ1) is 14.4. The van der Waals surface area contributed by atoms with E-state index in [9.17, 15) is 14.4 Å². The summed E-state index contributed by atoms with van der Waals surface area (Å²) >= 11 is 3.42. The third-order valence-corrected chi connectivity index (χ3v) is 5.74. The summed E-state index contributed by atoms with van der Waals surface area (Å²) in [4.78, 5) is 38.9. The van der Waals surface area contributed by atoms with Crippen molar-refractivity contribution in [3.63, 3.8) is 0 Å². The Morgan fingerprint density at radius 2 is 1.97 bits per heavy atom. The van der Waals surface area contributed by atoms with Crippen LogP contribution in [0, 0.1) is 12.8 Å². The lowest BCUT2D eigenvalue weighted by Crippen LogP contribution is -2.36. The normalized spacial score (nSPS) is 17.0. The maximum Gasteiger partial charge on any atom is 0.307 e. The molecule has 7 heteroatoms. The number of halogens is 1. The number of benzene rings is 2. The van der Waals surface area contributed by atoms with Gasteiger partial charge in [0.1, 0.15) is 0 Å². The van der Waals surface area contributed by atoms with Crippen LogP contribution < -0.4 is 5.32 Å².